The molecule has 3 heterocycles. The van der Waals surface area contributed by atoms with Crippen molar-refractivity contribution in [3.05, 3.63) is 23.8 Å². The van der Waals surface area contributed by atoms with Gasteiger partial charge in [-0.25, -0.2) is 8.78 Å². The highest BCUT2D eigenvalue weighted by atomic mass is 19.3. The van der Waals surface area contributed by atoms with E-state index in [0.29, 0.717) is 45.8 Å². The average molecular weight is 482 g/mol. The number of methoxy groups -OCH3 is 1. The Labute approximate surface area is 202 Å². The Bertz CT molecular complexity index is 793. The van der Waals surface area contributed by atoms with Crippen LogP contribution in [0, 0.1) is 5.92 Å². The van der Waals surface area contributed by atoms with Gasteiger partial charge < -0.3 is 14.6 Å². The number of nitrogens with zero attached hydrogens (tertiary/aromatic N) is 3. The molecule has 0 bridgehead atoms. The number of likely N-dealkylation sites (tertiary alicyclic amines) is 3. The predicted molar refractivity (Wildman–Crippen MR) is 129 cm³/mol. The van der Waals surface area contributed by atoms with E-state index in [1.165, 1.54) is 12.8 Å². The quantitative estimate of drug-likeness (QED) is 0.583. The van der Waals surface area contributed by atoms with Gasteiger partial charge in [0, 0.05) is 58.7 Å². The van der Waals surface area contributed by atoms with Gasteiger partial charge in [-0.1, -0.05) is 13.0 Å². The number of halogens is 2. The van der Waals surface area contributed by atoms with Crippen molar-refractivity contribution in [2.24, 2.45) is 5.92 Å². The number of hydrogen-bond donors (Lipinski definition) is 1. The number of alkyl halides is 2. The lowest BCUT2D eigenvalue weighted by molar-refractivity contribution is -0.0724. The summed E-state index contributed by atoms with van der Waals surface area (Å²) in [4.78, 5) is 6.68. The lowest BCUT2D eigenvalue weighted by Gasteiger charge is -2.36. The molecule has 0 spiro atoms. The Morgan fingerprint density at radius 1 is 0.971 bits per heavy atom. The molecule has 0 saturated carbocycles. The maximum absolute atomic E-state index is 13.4. The van der Waals surface area contributed by atoms with Crippen LogP contribution in [-0.2, 0) is 6.54 Å². The van der Waals surface area contributed by atoms with Crippen LogP contribution in [0.1, 0.15) is 44.6 Å². The van der Waals surface area contributed by atoms with Gasteiger partial charge in [-0.15, -0.1) is 0 Å². The summed E-state index contributed by atoms with van der Waals surface area (Å²) in [5.41, 5.74) is 0.266. The van der Waals surface area contributed by atoms with E-state index in [-0.39, 0.29) is 12.8 Å². The van der Waals surface area contributed by atoms with E-state index in [1.807, 2.05) is 17.0 Å². The molecular formula is C26H41F2N3O3. The molecule has 1 aromatic rings. The fourth-order valence-corrected chi connectivity index (χ4v) is 5.42. The molecule has 0 radical (unpaired) electrons. The van der Waals surface area contributed by atoms with Crippen molar-refractivity contribution in [1.29, 1.82) is 0 Å². The van der Waals surface area contributed by atoms with Crippen molar-refractivity contribution in [3.63, 3.8) is 0 Å². The van der Waals surface area contributed by atoms with Gasteiger partial charge in [0.25, 0.3) is 5.92 Å². The Hall–Kier alpha value is -1.48. The second-order valence-corrected chi connectivity index (χ2v) is 10.7. The lowest BCUT2D eigenvalue weighted by Crippen LogP contribution is -2.49. The van der Waals surface area contributed by atoms with Crippen LogP contribution in [0.5, 0.6) is 11.5 Å². The lowest BCUT2D eigenvalue weighted by atomic mass is 9.99. The number of piperidine rings is 2. The normalized spacial score (nSPS) is 27.2. The molecule has 3 aliphatic heterocycles. The van der Waals surface area contributed by atoms with E-state index in [4.69, 9.17) is 9.47 Å². The van der Waals surface area contributed by atoms with Crippen molar-refractivity contribution in [3.8, 4) is 11.5 Å². The molecule has 4 rings (SSSR count). The van der Waals surface area contributed by atoms with Gasteiger partial charge in [0.2, 0.25) is 0 Å². The fourth-order valence-electron chi connectivity index (χ4n) is 5.42. The number of hydrogen-bond acceptors (Lipinski definition) is 6. The minimum Gasteiger partial charge on any atom is -0.493 e. The molecule has 192 valence electrons. The molecule has 3 saturated heterocycles. The summed E-state index contributed by atoms with van der Waals surface area (Å²) in [6, 6.07) is 6.05. The molecule has 0 aliphatic carbocycles. The minimum absolute atomic E-state index is 0.113. The molecular weight excluding hydrogens is 440 g/mol. The van der Waals surface area contributed by atoms with E-state index in [9.17, 15) is 13.9 Å². The van der Waals surface area contributed by atoms with E-state index in [0.717, 1.165) is 49.2 Å². The van der Waals surface area contributed by atoms with Gasteiger partial charge in [0.1, 0.15) is 6.61 Å². The van der Waals surface area contributed by atoms with Crippen LogP contribution in [-0.4, -0.2) is 97.4 Å². The summed E-state index contributed by atoms with van der Waals surface area (Å²) < 4.78 is 38.5. The molecule has 0 unspecified atom stereocenters. The molecule has 1 atom stereocenters. The van der Waals surface area contributed by atoms with Gasteiger partial charge in [0.05, 0.1) is 12.7 Å². The van der Waals surface area contributed by atoms with Crippen LogP contribution in [0.4, 0.5) is 8.78 Å². The van der Waals surface area contributed by atoms with Crippen LogP contribution >= 0.6 is 0 Å². The highest BCUT2D eigenvalue weighted by Gasteiger charge is 2.40. The first-order valence-corrected chi connectivity index (χ1v) is 12.8. The number of benzene rings is 1. The molecule has 3 aliphatic rings. The van der Waals surface area contributed by atoms with Crippen molar-refractivity contribution in [2.45, 2.75) is 57.1 Å². The molecule has 0 amide bonds. The van der Waals surface area contributed by atoms with Crippen LogP contribution in [0.25, 0.3) is 0 Å². The second kappa shape index (κ2) is 11.1. The fraction of sp³-hybridized carbons (Fsp3) is 0.769. The zero-order valence-corrected chi connectivity index (χ0v) is 20.8. The zero-order valence-electron chi connectivity index (χ0n) is 20.8. The number of aliphatic hydroxyl groups is 1. The van der Waals surface area contributed by atoms with Gasteiger partial charge in [0.15, 0.2) is 11.5 Å². The van der Waals surface area contributed by atoms with Crippen molar-refractivity contribution < 1.29 is 23.4 Å². The standard InChI is InChI=1S/C26H41F2N3O3/c1-21-5-10-29(11-6-21)15-16-34-23-4-3-22(17-24(23)33-2)18-31-12-7-25(32,20-31)19-30-13-8-26(27,28)9-14-30/h3-4,17,21,32H,5-16,18-20H2,1-2H3/t25-/m1/s1. The highest BCUT2D eigenvalue weighted by molar-refractivity contribution is 5.43. The number of rotatable bonds is 9. The largest absolute Gasteiger partial charge is 0.493 e. The monoisotopic (exact) mass is 481 g/mol. The number of ether oxygens (including phenoxy) is 2. The Kier molecular flexibility index (Phi) is 8.33. The first-order chi connectivity index (χ1) is 16.2. The van der Waals surface area contributed by atoms with Crippen LogP contribution in [0.15, 0.2) is 18.2 Å². The minimum atomic E-state index is -2.55. The SMILES string of the molecule is COc1cc(CN2CC[C@@](O)(CN3CCC(F)(F)CC3)C2)ccc1OCCN1CCC(C)CC1. The molecule has 1 N–H and O–H groups in total. The molecule has 1 aromatic carbocycles. The molecule has 8 heteroatoms. The van der Waals surface area contributed by atoms with Crippen molar-refractivity contribution in [2.75, 3.05) is 66.1 Å². The van der Waals surface area contributed by atoms with Gasteiger partial charge in [-0.2, -0.15) is 0 Å². The van der Waals surface area contributed by atoms with Crippen LogP contribution < -0.4 is 9.47 Å². The van der Waals surface area contributed by atoms with E-state index in [1.54, 1.807) is 7.11 Å². The summed E-state index contributed by atoms with van der Waals surface area (Å²) in [5, 5.41) is 11.1. The predicted octanol–water partition coefficient (Wildman–Crippen LogP) is 3.47. The molecule has 0 aromatic heterocycles. The third-order valence-electron chi connectivity index (χ3n) is 7.69. The summed E-state index contributed by atoms with van der Waals surface area (Å²) in [6.45, 7) is 9.40. The Morgan fingerprint density at radius 3 is 2.38 bits per heavy atom. The Morgan fingerprint density at radius 2 is 1.68 bits per heavy atom. The third kappa shape index (κ3) is 7.03. The molecule has 6 nitrogen and oxygen atoms in total. The summed E-state index contributed by atoms with van der Waals surface area (Å²) in [7, 11) is 1.66. The topological polar surface area (TPSA) is 48.4 Å². The van der Waals surface area contributed by atoms with E-state index in [2.05, 4.69) is 22.8 Å². The third-order valence-corrected chi connectivity index (χ3v) is 7.69. The van der Waals surface area contributed by atoms with Gasteiger partial charge in [-0.3, -0.25) is 14.7 Å². The maximum atomic E-state index is 13.4. The highest BCUT2D eigenvalue weighted by Crippen LogP contribution is 2.32. The average Bonchev–Trinajstić information content (AvgIpc) is 3.17. The molecule has 3 fully saturated rings. The van der Waals surface area contributed by atoms with E-state index < -0.39 is 11.5 Å². The van der Waals surface area contributed by atoms with Gasteiger partial charge in [-0.05, 0) is 56.0 Å². The summed E-state index contributed by atoms with van der Waals surface area (Å²) in [6.07, 6.45) is 2.96. The zero-order chi connectivity index (χ0) is 24.2. The van der Waals surface area contributed by atoms with E-state index >= 15 is 0 Å². The second-order valence-electron chi connectivity index (χ2n) is 10.7. The molecule has 34 heavy (non-hydrogen) atoms. The first-order valence-electron chi connectivity index (χ1n) is 12.8. The van der Waals surface area contributed by atoms with Crippen molar-refractivity contribution in [1.82, 2.24) is 14.7 Å². The first kappa shape index (κ1) is 25.6. The summed E-state index contributed by atoms with van der Waals surface area (Å²) >= 11 is 0. The van der Waals surface area contributed by atoms with Crippen LogP contribution in [0.2, 0.25) is 0 Å². The van der Waals surface area contributed by atoms with Crippen LogP contribution in [0.3, 0.4) is 0 Å². The van der Waals surface area contributed by atoms with Gasteiger partial charge >= 0.3 is 0 Å². The summed E-state index contributed by atoms with van der Waals surface area (Å²) in [5.74, 6) is -0.235. The Balaban J connectivity index is 1.24. The number of β-amino-alcohol motifs (C(OH)–C–C–N with tert-alkyl or cyclic N) is 1. The smallest absolute Gasteiger partial charge is 0.250 e. The van der Waals surface area contributed by atoms with Crippen molar-refractivity contribution >= 4 is 0 Å². The maximum Gasteiger partial charge on any atom is 0.250 e.